The number of hydrogen-bond acceptors (Lipinski definition) is 3. The maximum Gasteiger partial charge on any atom is 0.243 e. The number of carbonyl (C=O) groups is 2. The maximum atomic E-state index is 13.1. The molecule has 0 saturated heterocycles. The molecule has 0 aliphatic rings. The molecule has 5 nitrogen and oxygen atoms in total. The predicted octanol–water partition coefficient (Wildman–Crippen LogP) is 3.63. The van der Waals surface area contributed by atoms with E-state index < -0.39 is 17.5 Å². The quantitative estimate of drug-likeness (QED) is 0.719. The van der Waals surface area contributed by atoms with E-state index in [1.54, 1.807) is 0 Å². The number of anilines is 1. The summed E-state index contributed by atoms with van der Waals surface area (Å²) in [7, 11) is 0. The van der Waals surface area contributed by atoms with Crippen LogP contribution in [0.5, 0.6) is 0 Å². The van der Waals surface area contributed by atoms with E-state index in [4.69, 9.17) is 4.42 Å². The third-order valence-electron chi connectivity index (χ3n) is 4.27. The first-order valence-electron chi connectivity index (χ1n) is 8.32. The molecule has 1 heterocycles. The van der Waals surface area contributed by atoms with Crippen molar-refractivity contribution in [2.24, 2.45) is 0 Å². The van der Waals surface area contributed by atoms with E-state index in [2.05, 4.69) is 10.6 Å². The molecule has 2 aromatic carbocycles. The number of aryl methyl sites for hydroxylation is 2. The number of benzene rings is 2. The van der Waals surface area contributed by atoms with Crippen LogP contribution in [0.25, 0.3) is 11.0 Å². The highest BCUT2D eigenvalue weighted by atomic mass is 19.2. The minimum Gasteiger partial charge on any atom is -0.464 e. The van der Waals surface area contributed by atoms with E-state index in [1.807, 2.05) is 26.0 Å². The second-order valence-electron chi connectivity index (χ2n) is 6.32. The molecule has 0 spiro atoms. The van der Waals surface area contributed by atoms with Crippen molar-refractivity contribution in [2.45, 2.75) is 20.3 Å². The Morgan fingerprint density at radius 3 is 2.48 bits per heavy atom. The summed E-state index contributed by atoms with van der Waals surface area (Å²) in [6.45, 7) is 3.68. The highest BCUT2D eigenvalue weighted by Gasteiger charge is 2.13. The highest BCUT2D eigenvalue weighted by molar-refractivity contribution is 5.95. The molecule has 0 fully saturated rings. The van der Waals surface area contributed by atoms with Gasteiger partial charge in [0.05, 0.1) is 19.2 Å². The zero-order valence-electron chi connectivity index (χ0n) is 14.9. The topological polar surface area (TPSA) is 71.3 Å². The molecule has 0 radical (unpaired) electrons. The van der Waals surface area contributed by atoms with Crippen LogP contribution >= 0.6 is 0 Å². The Hall–Kier alpha value is -3.22. The highest BCUT2D eigenvalue weighted by Crippen LogP contribution is 2.25. The summed E-state index contributed by atoms with van der Waals surface area (Å²) in [4.78, 5) is 24.0. The summed E-state index contributed by atoms with van der Waals surface area (Å²) < 4.78 is 31.5. The Kier molecular flexibility index (Phi) is 5.21. The molecule has 0 unspecified atom stereocenters. The number of hydrogen-bond donors (Lipinski definition) is 2. The largest absolute Gasteiger partial charge is 0.464 e. The predicted molar refractivity (Wildman–Crippen MR) is 97.4 cm³/mol. The summed E-state index contributed by atoms with van der Waals surface area (Å²) in [6.07, 6.45) is 1.60. The van der Waals surface area contributed by atoms with Crippen molar-refractivity contribution in [3.8, 4) is 0 Å². The number of rotatable bonds is 5. The first kappa shape index (κ1) is 18.6. The van der Waals surface area contributed by atoms with E-state index >= 15 is 0 Å². The maximum absolute atomic E-state index is 13.1. The fourth-order valence-electron chi connectivity index (χ4n) is 2.67. The van der Waals surface area contributed by atoms with Gasteiger partial charge < -0.3 is 15.1 Å². The summed E-state index contributed by atoms with van der Waals surface area (Å²) in [6, 6.07) is 6.90. The monoisotopic (exact) mass is 372 g/mol. The van der Waals surface area contributed by atoms with Crippen molar-refractivity contribution in [1.82, 2.24) is 5.32 Å². The number of nitrogens with one attached hydrogen (secondary N) is 2. The Bertz CT molecular complexity index is 1030. The van der Waals surface area contributed by atoms with Crippen LogP contribution in [0.1, 0.15) is 16.7 Å². The van der Waals surface area contributed by atoms with Crippen molar-refractivity contribution in [3.05, 3.63) is 64.9 Å². The first-order valence-corrected chi connectivity index (χ1v) is 8.32. The van der Waals surface area contributed by atoms with Gasteiger partial charge in [-0.2, -0.15) is 0 Å². The van der Waals surface area contributed by atoms with E-state index in [0.29, 0.717) is 5.58 Å². The fourth-order valence-corrected chi connectivity index (χ4v) is 2.67. The molecule has 7 heteroatoms. The molecule has 1 aromatic heterocycles. The summed E-state index contributed by atoms with van der Waals surface area (Å²) in [5.74, 6) is -2.96. The molecule has 0 aliphatic carbocycles. The number of fused-ring (bicyclic) bond motifs is 1. The number of furan rings is 1. The normalized spacial score (nSPS) is 10.8. The SMILES string of the molecule is Cc1cc2occ(CC(=O)NCC(=O)Nc3ccc(F)c(F)c3)c2cc1C. The van der Waals surface area contributed by atoms with Gasteiger partial charge in [-0.3, -0.25) is 9.59 Å². The third kappa shape index (κ3) is 4.31. The average molecular weight is 372 g/mol. The van der Waals surface area contributed by atoms with Crippen molar-refractivity contribution < 1.29 is 22.8 Å². The molecule has 0 bridgehead atoms. The molecule has 2 N–H and O–H groups in total. The molecular weight excluding hydrogens is 354 g/mol. The van der Waals surface area contributed by atoms with E-state index in [9.17, 15) is 18.4 Å². The molecule has 3 rings (SSSR count). The van der Waals surface area contributed by atoms with Gasteiger partial charge in [0.2, 0.25) is 11.8 Å². The summed E-state index contributed by atoms with van der Waals surface area (Å²) >= 11 is 0. The number of amides is 2. The van der Waals surface area contributed by atoms with Crippen molar-refractivity contribution in [3.63, 3.8) is 0 Å². The first-order chi connectivity index (χ1) is 12.8. The Balaban J connectivity index is 1.57. The van der Waals surface area contributed by atoms with Gasteiger partial charge in [-0.15, -0.1) is 0 Å². The summed E-state index contributed by atoms with van der Waals surface area (Å²) in [5.41, 5.74) is 3.74. The second-order valence-corrected chi connectivity index (χ2v) is 6.32. The van der Waals surface area contributed by atoms with E-state index in [1.165, 1.54) is 12.3 Å². The van der Waals surface area contributed by atoms with Crippen LogP contribution in [-0.4, -0.2) is 18.4 Å². The standard InChI is InChI=1S/C20H18F2N2O3/c1-11-5-15-13(10-27-18(15)6-12(11)2)7-19(25)23-9-20(26)24-14-3-4-16(21)17(22)8-14/h3-6,8,10H,7,9H2,1-2H3,(H,23,25)(H,24,26). The van der Waals surface area contributed by atoms with Gasteiger partial charge in [0.25, 0.3) is 0 Å². The zero-order chi connectivity index (χ0) is 19.6. The van der Waals surface area contributed by atoms with Crippen LogP contribution in [0.15, 0.2) is 41.0 Å². The molecule has 0 atom stereocenters. The fraction of sp³-hybridized carbons (Fsp3) is 0.200. The van der Waals surface area contributed by atoms with Gasteiger partial charge in [-0.25, -0.2) is 8.78 Å². The van der Waals surface area contributed by atoms with Gasteiger partial charge >= 0.3 is 0 Å². The van der Waals surface area contributed by atoms with Crippen molar-refractivity contribution in [1.29, 1.82) is 0 Å². The van der Waals surface area contributed by atoms with Gasteiger partial charge in [-0.1, -0.05) is 0 Å². The lowest BCUT2D eigenvalue weighted by Crippen LogP contribution is -2.33. The lowest BCUT2D eigenvalue weighted by atomic mass is 10.0. The van der Waals surface area contributed by atoms with Crippen LogP contribution in [0.2, 0.25) is 0 Å². The molecule has 27 heavy (non-hydrogen) atoms. The number of halogens is 2. The van der Waals surface area contributed by atoms with Crippen molar-refractivity contribution >= 4 is 28.5 Å². The van der Waals surface area contributed by atoms with Crippen LogP contribution in [0, 0.1) is 25.5 Å². The van der Waals surface area contributed by atoms with E-state index in [0.717, 1.165) is 34.2 Å². The molecular formula is C20H18F2N2O3. The Labute approximate surface area is 154 Å². The molecule has 3 aromatic rings. The van der Waals surface area contributed by atoms with Gasteiger partial charge in [-0.05, 0) is 49.2 Å². The van der Waals surface area contributed by atoms with Crippen LogP contribution in [-0.2, 0) is 16.0 Å². The lowest BCUT2D eigenvalue weighted by molar-refractivity contribution is -0.123. The third-order valence-corrected chi connectivity index (χ3v) is 4.27. The van der Waals surface area contributed by atoms with Crippen LogP contribution in [0.3, 0.4) is 0 Å². The van der Waals surface area contributed by atoms with Crippen LogP contribution in [0.4, 0.5) is 14.5 Å². The smallest absolute Gasteiger partial charge is 0.243 e. The van der Waals surface area contributed by atoms with Gasteiger partial charge in [0.15, 0.2) is 11.6 Å². The van der Waals surface area contributed by atoms with Gasteiger partial charge in [0.1, 0.15) is 5.58 Å². The molecule has 0 saturated carbocycles. The van der Waals surface area contributed by atoms with Crippen molar-refractivity contribution in [2.75, 3.05) is 11.9 Å². The lowest BCUT2D eigenvalue weighted by Gasteiger charge is -2.07. The minimum absolute atomic E-state index is 0.0634. The Morgan fingerprint density at radius 1 is 1.00 bits per heavy atom. The molecule has 140 valence electrons. The molecule has 0 aliphatic heterocycles. The average Bonchev–Trinajstić information content (AvgIpc) is 2.98. The van der Waals surface area contributed by atoms with Gasteiger partial charge in [0, 0.05) is 22.7 Å². The minimum atomic E-state index is -1.06. The molecule has 2 amide bonds. The zero-order valence-corrected chi connectivity index (χ0v) is 14.9. The second kappa shape index (κ2) is 7.57. The number of carbonyl (C=O) groups excluding carboxylic acids is 2. The Morgan fingerprint density at radius 2 is 1.74 bits per heavy atom. The summed E-state index contributed by atoms with van der Waals surface area (Å²) in [5, 5.41) is 5.75. The van der Waals surface area contributed by atoms with E-state index in [-0.39, 0.29) is 24.6 Å². The van der Waals surface area contributed by atoms with Crippen LogP contribution < -0.4 is 10.6 Å².